The number of piperidine rings is 1. The second-order valence-electron chi connectivity index (χ2n) is 8.43. The van der Waals surface area contributed by atoms with Crippen molar-refractivity contribution in [1.82, 2.24) is 4.90 Å². The molecule has 0 unspecified atom stereocenters. The first-order valence-corrected chi connectivity index (χ1v) is 10.5. The van der Waals surface area contributed by atoms with Crippen molar-refractivity contribution < 1.29 is 9.18 Å². The van der Waals surface area contributed by atoms with Gasteiger partial charge >= 0.3 is 0 Å². The zero-order chi connectivity index (χ0) is 20.0. The minimum absolute atomic E-state index is 0.0987. The number of amides is 1. The summed E-state index contributed by atoms with van der Waals surface area (Å²) in [6.45, 7) is 4.60. The van der Waals surface area contributed by atoms with Crippen LogP contribution in [0, 0.1) is 5.82 Å². The number of anilines is 3. The van der Waals surface area contributed by atoms with E-state index in [1.54, 1.807) is 0 Å². The monoisotopic (exact) mass is 394 g/mol. The Morgan fingerprint density at radius 3 is 2.86 bits per heavy atom. The lowest BCUT2D eigenvalue weighted by molar-refractivity contribution is -0.115. The highest BCUT2D eigenvalue weighted by Crippen LogP contribution is 2.49. The first kappa shape index (κ1) is 18.4. The maximum Gasteiger partial charge on any atom is 0.243 e. The second-order valence-corrected chi connectivity index (χ2v) is 8.43. The molecular formula is C23H27FN4O. The first-order valence-electron chi connectivity index (χ1n) is 10.5. The van der Waals surface area contributed by atoms with Gasteiger partial charge in [-0.05, 0) is 55.3 Å². The van der Waals surface area contributed by atoms with Gasteiger partial charge < -0.3 is 20.0 Å². The molecule has 29 heavy (non-hydrogen) atoms. The number of halogens is 1. The molecule has 1 fully saturated rings. The SMILES string of the molecule is CN(CCCN1CC[C@H]2[C@@H](C1)c1cccc3c1N2CC(=O)N3)c1ccc(F)cc1. The molecule has 1 N–H and O–H groups in total. The van der Waals surface area contributed by atoms with E-state index >= 15 is 0 Å². The van der Waals surface area contributed by atoms with Crippen molar-refractivity contribution in [2.75, 3.05) is 54.9 Å². The van der Waals surface area contributed by atoms with Crippen molar-refractivity contribution in [2.45, 2.75) is 24.8 Å². The quantitative estimate of drug-likeness (QED) is 0.845. The molecule has 0 saturated carbocycles. The number of hydrogen-bond donors (Lipinski definition) is 1. The fraction of sp³-hybridized carbons (Fsp3) is 0.435. The Kier molecular flexibility index (Phi) is 4.66. The molecular weight excluding hydrogens is 367 g/mol. The van der Waals surface area contributed by atoms with Crippen LogP contribution in [-0.2, 0) is 4.79 Å². The number of carbonyl (C=O) groups is 1. The van der Waals surface area contributed by atoms with Gasteiger partial charge in [0.15, 0.2) is 0 Å². The smallest absolute Gasteiger partial charge is 0.243 e. The van der Waals surface area contributed by atoms with Gasteiger partial charge in [0.1, 0.15) is 5.82 Å². The summed E-state index contributed by atoms with van der Waals surface area (Å²) >= 11 is 0. The number of nitrogens with one attached hydrogen (secondary N) is 1. The minimum Gasteiger partial charge on any atom is -0.375 e. The van der Waals surface area contributed by atoms with Crippen LogP contribution in [0.15, 0.2) is 42.5 Å². The Labute approximate surface area is 171 Å². The topological polar surface area (TPSA) is 38.8 Å². The van der Waals surface area contributed by atoms with Crippen LogP contribution in [0.4, 0.5) is 21.5 Å². The third-order valence-electron chi connectivity index (χ3n) is 6.64. The average Bonchev–Trinajstić information content (AvgIpc) is 3.03. The summed E-state index contributed by atoms with van der Waals surface area (Å²) in [7, 11) is 2.06. The molecule has 3 heterocycles. The molecule has 0 radical (unpaired) electrons. The Hall–Kier alpha value is -2.60. The standard InChI is InChI=1S/C23H27FN4O/c1-26(17-8-6-16(24)7-9-17)11-3-12-27-13-10-21-19(14-27)18-4-2-5-20-23(18)28(21)15-22(29)25-20/h2,4-9,19,21H,3,10-15H2,1H3,(H,25,29)/t19-,21-/m0/s1. The van der Waals surface area contributed by atoms with Crippen molar-refractivity contribution >= 4 is 23.0 Å². The molecule has 5 nitrogen and oxygen atoms in total. The van der Waals surface area contributed by atoms with Crippen molar-refractivity contribution in [2.24, 2.45) is 0 Å². The molecule has 0 aromatic heterocycles. The van der Waals surface area contributed by atoms with Crippen molar-refractivity contribution in [1.29, 1.82) is 0 Å². The number of hydrogen-bond acceptors (Lipinski definition) is 4. The van der Waals surface area contributed by atoms with Gasteiger partial charge in [-0.3, -0.25) is 4.79 Å². The summed E-state index contributed by atoms with van der Waals surface area (Å²) in [5, 5.41) is 3.03. The number of carbonyl (C=O) groups excluding carboxylic acids is 1. The normalized spacial score (nSPS) is 22.8. The van der Waals surface area contributed by atoms with Crippen LogP contribution >= 0.6 is 0 Å². The predicted octanol–water partition coefficient (Wildman–Crippen LogP) is 3.28. The lowest BCUT2D eigenvalue weighted by atomic mass is 9.89. The number of para-hydroxylation sites is 1. The van der Waals surface area contributed by atoms with Gasteiger partial charge in [-0.2, -0.15) is 0 Å². The largest absolute Gasteiger partial charge is 0.375 e. The van der Waals surface area contributed by atoms with Crippen LogP contribution in [0.5, 0.6) is 0 Å². The maximum absolute atomic E-state index is 13.1. The van der Waals surface area contributed by atoms with Gasteiger partial charge in [-0.15, -0.1) is 0 Å². The fourth-order valence-corrected chi connectivity index (χ4v) is 5.23. The van der Waals surface area contributed by atoms with Crippen LogP contribution in [0.2, 0.25) is 0 Å². The van der Waals surface area contributed by atoms with Crippen molar-refractivity contribution in [3.05, 3.63) is 53.8 Å². The second kappa shape index (κ2) is 7.34. The van der Waals surface area contributed by atoms with Gasteiger partial charge in [0, 0.05) is 44.3 Å². The van der Waals surface area contributed by atoms with Crippen LogP contribution in [0.3, 0.4) is 0 Å². The number of likely N-dealkylation sites (tertiary alicyclic amines) is 1. The van der Waals surface area contributed by atoms with Crippen LogP contribution < -0.4 is 15.1 Å². The van der Waals surface area contributed by atoms with Gasteiger partial charge in [0.05, 0.1) is 17.9 Å². The zero-order valence-corrected chi connectivity index (χ0v) is 16.8. The van der Waals surface area contributed by atoms with Gasteiger partial charge in [0.2, 0.25) is 5.91 Å². The highest BCUT2D eigenvalue weighted by atomic mass is 19.1. The lowest BCUT2D eigenvalue weighted by Crippen LogP contribution is -2.49. The van der Waals surface area contributed by atoms with Crippen molar-refractivity contribution in [3.63, 3.8) is 0 Å². The third kappa shape index (κ3) is 3.35. The molecule has 2 aromatic carbocycles. The van der Waals surface area contributed by atoms with Gasteiger partial charge in [-0.25, -0.2) is 4.39 Å². The summed E-state index contributed by atoms with van der Waals surface area (Å²) in [5.74, 6) is 0.378. The van der Waals surface area contributed by atoms with Gasteiger partial charge in [0.25, 0.3) is 0 Å². The molecule has 1 amide bonds. The summed E-state index contributed by atoms with van der Waals surface area (Å²) < 4.78 is 13.1. The zero-order valence-electron chi connectivity index (χ0n) is 16.8. The molecule has 1 saturated heterocycles. The Bertz CT molecular complexity index is 916. The van der Waals surface area contributed by atoms with E-state index in [0.717, 1.165) is 50.4 Å². The summed E-state index contributed by atoms with van der Waals surface area (Å²) in [4.78, 5) is 19.2. The Morgan fingerprint density at radius 1 is 1.21 bits per heavy atom. The minimum atomic E-state index is -0.195. The molecule has 2 aromatic rings. The molecule has 3 aliphatic rings. The lowest BCUT2D eigenvalue weighted by Gasteiger charge is -2.39. The number of nitrogens with zero attached hydrogens (tertiary/aromatic N) is 3. The van der Waals surface area contributed by atoms with E-state index in [1.807, 2.05) is 18.2 Å². The molecule has 152 valence electrons. The molecule has 6 heteroatoms. The first-order chi connectivity index (χ1) is 14.1. The average molecular weight is 394 g/mol. The highest BCUT2D eigenvalue weighted by molar-refractivity contribution is 6.03. The number of fused-ring (bicyclic) bond motifs is 3. The van der Waals surface area contributed by atoms with Crippen LogP contribution in [-0.4, -0.2) is 56.6 Å². The molecule has 5 rings (SSSR count). The van der Waals surface area contributed by atoms with Gasteiger partial charge in [-0.1, -0.05) is 12.1 Å². The van der Waals surface area contributed by atoms with Crippen LogP contribution in [0.25, 0.3) is 0 Å². The van der Waals surface area contributed by atoms with E-state index in [2.05, 4.69) is 39.2 Å². The molecule has 0 spiro atoms. The summed E-state index contributed by atoms with van der Waals surface area (Å²) in [6.07, 6.45) is 2.17. The molecule has 0 bridgehead atoms. The van der Waals surface area contributed by atoms with E-state index in [4.69, 9.17) is 0 Å². The van der Waals surface area contributed by atoms with E-state index in [-0.39, 0.29) is 11.7 Å². The third-order valence-corrected chi connectivity index (χ3v) is 6.64. The van der Waals surface area contributed by atoms with E-state index in [0.29, 0.717) is 18.5 Å². The van der Waals surface area contributed by atoms with E-state index < -0.39 is 0 Å². The summed E-state index contributed by atoms with van der Waals surface area (Å²) in [5.41, 5.74) is 4.66. The molecule has 2 atom stereocenters. The number of benzene rings is 2. The Balaban J connectivity index is 1.21. The highest BCUT2D eigenvalue weighted by Gasteiger charge is 2.44. The summed E-state index contributed by atoms with van der Waals surface area (Å²) in [6, 6.07) is 13.5. The van der Waals surface area contributed by atoms with Crippen molar-refractivity contribution in [3.8, 4) is 0 Å². The fourth-order valence-electron chi connectivity index (χ4n) is 5.23. The number of rotatable bonds is 5. The van der Waals surface area contributed by atoms with Crippen LogP contribution in [0.1, 0.15) is 24.3 Å². The Morgan fingerprint density at radius 2 is 2.03 bits per heavy atom. The van der Waals surface area contributed by atoms with E-state index in [1.165, 1.54) is 23.4 Å². The van der Waals surface area contributed by atoms with E-state index in [9.17, 15) is 9.18 Å². The molecule has 3 aliphatic heterocycles. The predicted molar refractivity (Wildman–Crippen MR) is 114 cm³/mol. The maximum atomic E-state index is 13.1. The molecule has 0 aliphatic carbocycles.